The number of piperidine rings is 1. The first-order chi connectivity index (χ1) is 18.3. The van der Waals surface area contributed by atoms with Gasteiger partial charge in [-0.3, -0.25) is 4.79 Å². The lowest BCUT2D eigenvalue weighted by molar-refractivity contribution is -0.138. The van der Waals surface area contributed by atoms with E-state index in [1.165, 1.54) is 0 Å². The van der Waals surface area contributed by atoms with E-state index in [1.54, 1.807) is 17.1 Å². The summed E-state index contributed by atoms with van der Waals surface area (Å²) in [5.74, 6) is 2.21. The highest BCUT2D eigenvalue weighted by molar-refractivity contribution is 5.86. The van der Waals surface area contributed by atoms with Crippen LogP contribution in [-0.4, -0.2) is 79.2 Å². The first kappa shape index (κ1) is 26.4. The number of aliphatic hydroxyl groups excluding tert-OH is 2. The molecule has 2 aliphatic rings. The topological polar surface area (TPSA) is 126 Å². The number of likely N-dealkylation sites (tertiary alicyclic amines) is 1. The van der Waals surface area contributed by atoms with Crippen molar-refractivity contribution >= 4 is 22.8 Å². The van der Waals surface area contributed by atoms with E-state index in [0.29, 0.717) is 44.3 Å². The van der Waals surface area contributed by atoms with E-state index in [1.807, 2.05) is 43.0 Å². The normalized spacial score (nSPS) is 21.0. The molecular formula is C28H38N6O4. The number of carbonyl (C=O) groups is 1. The maximum atomic E-state index is 12.9. The van der Waals surface area contributed by atoms with Crippen LogP contribution in [0.1, 0.15) is 52.4 Å². The molecule has 3 heterocycles. The van der Waals surface area contributed by atoms with Crippen LogP contribution in [0.3, 0.4) is 0 Å². The van der Waals surface area contributed by atoms with Crippen LogP contribution in [0.15, 0.2) is 36.7 Å². The van der Waals surface area contributed by atoms with Crippen LogP contribution >= 0.6 is 0 Å². The molecule has 204 valence electrons. The molecule has 1 aliphatic heterocycles. The number of nitrogens with one attached hydrogen (secondary N) is 1. The molecule has 3 N–H and O–H groups in total. The van der Waals surface area contributed by atoms with E-state index in [-0.39, 0.29) is 36.0 Å². The zero-order valence-corrected chi connectivity index (χ0v) is 22.2. The first-order valence-corrected chi connectivity index (χ1v) is 13.6. The molecule has 1 saturated heterocycles. The van der Waals surface area contributed by atoms with Gasteiger partial charge >= 0.3 is 0 Å². The van der Waals surface area contributed by atoms with Crippen molar-refractivity contribution < 1.29 is 19.7 Å². The monoisotopic (exact) mass is 522 g/mol. The third kappa shape index (κ3) is 5.91. The second kappa shape index (κ2) is 11.2. The predicted molar refractivity (Wildman–Crippen MR) is 144 cm³/mol. The molecule has 2 aromatic heterocycles. The van der Waals surface area contributed by atoms with Crippen molar-refractivity contribution in [1.29, 1.82) is 0 Å². The van der Waals surface area contributed by atoms with Gasteiger partial charge < -0.3 is 25.2 Å². The van der Waals surface area contributed by atoms with Crippen LogP contribution < -0.4 is 10.1 Å². The fraction of sp³-hybridized carbons (Fsp3) is 0.571. The summed E-state index contributed by atoms with van der Waals surface area (Å²) >= 11 is 0. The summed E-state index contributed by atoms with van der Waals surface area (Å²) in [5.41, 5.74) is 0.535. The van der Waals surface area contributed by atoms with Crippen LogP contribution in [-0.2, 0) is 4.79 Å². The first-order valence-electron chi connectivity index (χ1n) is 13.6. The van der Waals surface area contributed by atoms with Gasteiger partial charge in [-0.05, 0) is 50.7 Å². The number of nitrogens with zero attached hydrogens (tertiary/aromatic N) is 5. The molecule has 1 aromatic carbocycles. The van der Waals surface area contributed by atoms with Gasteiger partial charge in [-0.25, -0.2) is 9.67 Å². The lowest BCUT2D eigenvalue weighted by atomic mass is 9.85. The largest absolute Gasteiger partial charge is 0.492 e. The van der Waals surface area contributed by atoms with Crippen LogP contribution in [0, 0.1) is 11.3 Å². The fourth-order valence-corrected chi connectivity index (χ4v) is 5.20. The highest BCUT2D eigenvalue weighted by atomic mass is 16.5. The van der Waals surface area contributed by atoms with Gasteiger partial charge in [0.1, 0.15) is 5.75 Å². The highest BCUT2D eigenvalue weighted by Crippen LogP contribution is 2.30. The lowest BCUT2D eigenvalue weighted by Gasteiger charge is -2.35. The number of aromatic nitrogens is 4. The Bertz CT molecular complexity index is 1250. The van der Waals surface area contributed by atoms with Crippen molar-refractivity contribution in [2.45, 2.75) is 64.5 Å². The summed E-state index contributed by atoms with van der Waals surface area (Å²) in [6.07, 6.45) is 8.04. The van der Waals surface area contributed by atoms with E-state index in [9.17, 15) is 15.0 Å². The summed E-state index contributed by atoms with van der Waals surface area (Å²) in [7, 11) is 0. The average molecular weight is 523 g/mol. The molecule has 0 unspecified atom stereocenters. The van der Waals surface area contributed by atoms with Crippen molar-refractivity contribution in [3.05, 3.63) is 36.7 Å². The standard InChI is InChI=1S/C28H38N6O4/c1-28(2,17-35)18-38-24-5-3-4-23-22(24)16-30-34(23)25-10-13-29-27(32-25)31-20-8-6-19(7-9-20)26(37)33-14-11-21(36)12-15-33/h3-5,10,13,16,19-21,35-36H,6-9,11-12,14-15,17-18H2,1-2H3,(H,29,31,32)/t19-,20-. The van der Waals surface area contributed by atoms with Gasteiger partial charge in [0.05, 0.1) is 36.4 Å². The number of carbonyl (C=O) groups excluding carboxylic acids is 1. The number of benzene rings is 1. The smallest absolute Gasteiger partial charge is 0.225 e. The fourth-order valence-electron chi connectivity index (χ4n) is 5.20. The van der Waals surface area contributed by atoms with Gasteiger partial charge in [-0.15, -0.1) is 0 Å². The van der Waals surface area contributed by atoms with E-state index >= 15 is 0 Å². The molecule has 0 atom stereocenters. The number of aliphatic hydroxyl groups is 2. The minimum Gasteiger partial charge on any atom is -0.492 e. The molecule has 0 bridgehead atoms. The number of fused-ring (bicyclic) bond motifs is 1. The molecule has 0 radical (unpaired) electrons. The Kier molecular flexibility index (Phi) is 7.80. The van der Waals surface area contributed by atoms with Gasteiger partial charge in [-0.2, -0.15) is 10.1 Å². The number of rotatable bonds is 8. The Morgan fingerprint density at radius 2 is 1.89 bits per heavy atom. The Labute approximate surface area is 223 Å². The number of ether oxygens (including phenoxy) is 1. The van der Waals surface area contributed by atoms with E-state index in [0.717, 1.165) is 42.3 Å². The molecular weight excluding hydrogens is 484 g/mol. The Balaban J connectivity index is 1.22. The molecule has 5 rings (SSSR count). The van der Waals surface area contributed by atoms with Gasteiger partial charge in [0, 0.05) is 42.7 Å². The second-order valence-electron chi connectivity index (χ2n) is 11.3. The molecule has 3 aromatic rings. The number of hydrogen-bond donors (Lipinski definition) is 3. The zero-order valence-electron chi connectivity index (χ0n) is 22.2. The third-order valence-corrected chi connectivity index (χ3v) is 7.66. The van der Waals surface area contributed by atoms with Gasteiger partial charge in [0.2, 0.25) is 11.9 Å². The summed E-state index contributed by atoms with van der Waals surface area (Å²) in [6, 6.07) is 7.84. The van der Waals surface area contributed by atoms with Crippen molar-refractivity contribution in [2.24, 2.45) is 11.3 Å². The van der Waals surface area contributed by atoms with Gasteiger partial charge in [0.15, 0.2) is 5.82 Å². The SMILES string of the molecule is CC(C)(CO)COc1cccc2c1cnn2-c1ccnc(N[C@H]2CC[C@H](C(=O)N3CCC(O)CC3)CC2)n1. The Hall–Kier alpha value is -3.24. The van der Waals surface area contributed by atoms with E-state index in [4.69, 9.17) is 9.72 Å². The van der Waals surface area contributed by atoms with Crippen molar-refractivity contribution in [1.82, 2.24) is 24.6 Å². The third-order valence-electron chi connectivity index (χ3n) is 7.66. The van der Waals surface area contributed by atoms with Crippen molar-refractivity contribution in [3.8, 4) is 11.6 Å². The zero-order chi connectivity index (χ0) is 26.7. The van der Waals surface area contributed by atoms with E-state index < -0.39 is 0 Å². The minimum absolute atomic E-state index is 0.0420. The molecule has 1 aliphatic carbocycles. The number of anilines is 1. The van der Waals surface area contributed by atoms with E-state index in [2.05, 4.69) is 15.4 Å². The number of hydrogen-bond acceptors (Lipinski definition) is 8. The predicted octanol–water partition coefficient (Wildman–Crippen LogP) is 3.17. The van der Waals surface area contributed by atoms with Crippen molar-refractivity contribution in [3.63, 3.8) is 0 Å². The lowest BCUT2D eigenvalue weighted by Crippen LogP contribution is -2.44. The Morgan fingerprint density at radius 1 is 1.13 bits per heavy atom. The molecule has 38 heavy (non-hydrogen) atoms. The minimum atomic E-state index is -0.338. The molecule has 1 saturated carbocycles. The summed E-state index contributed by atoms with van der Waals surface area (Å²) in [5, 5.41) is 28.2. The Morgan fingerprint density at radius 3 is 2.63 bits per heavy atom. The molecule has 0 spiro atoms. The highest BCUT2D eigenvalue weighted by Gasteiger charge is 2.31. The molecule has 10 heteroatoms. The maximum Gasteiger partial charge on any atom is 0.225 e. The van der Waals surface area contributed by atoms with Crippen LogP contribution in [0.4, 0.5) is 5.95 Å². The van der Waals surface area contributed by atoms with Crippen LogP contribution in [0.5, 0.6) is 5.75 Å². The molecule has 1 amide bonds. The number of amides is 1. The molecule has 2 fully saturated rings. The quantitative estimate of drug-likeness (QED) is 0.412. The summed E-state index contributed by atoms with van der Waals surface area (Å²) in [6.45, 7) is 5.67. The van der Waals surface area contributed by atoms with Gasteiger partial charge in [-0.1, -0.05) is 19.9 Å². The van der Waals surface area contributed by atoms with Crippen LogP contribution in [0.2, 0.25) is 0 Å². The maximum absolute atomic E-state index is 12.9. The average Bonchev–Trinajstić information content (AvgIpc) is 3.37. The molecule has 10 nitrogen and oxygen atoms in total. The van der Waals surface area contributed by atoms with Crippen molar-refractivity contribution in [2.75, 3.05) is 31.6 Å². The van der Waals surface area contributed by atoms with Crippen LogP contribution in [0.25, 0.3) is 16.7 Å². The summed E-state index contributed by atoms with van der Waals surface area (Å²) < 4.78 is 7.80. The summed E-state index contributed by atoms with van der Waals surface area (Å²) in [4.78, 5) is 24.0. The van der Waals surface area contributed by atoms with Gasteiger partial charge in [0.25, 0.3) is 0 Å². The second-order valence-corrected chi connectivity index (χ2v) is 11.3.